The van der Waals surface area contributed by atoms with Gasteiger partial charge in [-0.2, -0.15) is 0 Å². The molecule has 122 valence electrons. The highest BCUT2D eigenvalue weighted by Crippen LogP contribution is 2.27. The van der Waals surface area contributed by atoms with Crippen molar-refractivity contribution >= 4 is 34.5 Å². The highest BCUT2D eigenvalue weighted by Gasteiger charge is 2.25. The second kappa shape index (κ2) is 9.76. The predicted molar refractivity (Wildman–Crippen MR) is 89.0 cm³/mol. The summed E-state index contributed by atoms with van der Waals surface area (Å²) in [6.07, 6.45) is 0.985. The van der Waals surface area contributed by atoms with E-state index in [0.717, 1.165) is 3.57 Å². The molecule has 22 heavy (non-hydrogen) atoms. The van der Waals surface area contributed by atoms with Crippen LogP contribution >= 0.6 is 22.6 Å². The lowest BCUT2D eigenvalue weighted by Gasteiger charge is -2.16. The fraction of sp³-hybridized carbons (Fsp3) is 0.500. The topological polar surface area (TPSA) is 52.6 Å². The third-order valence-electron chi connectivity index (χ3n) is 3.09. The fourth-order valence-electron chi connectivity index (χ4n) is 2.11. The van der Waals surface area contributed by atoms with Gasteiger partial charge in [0.15, 0.2) is 0 Å². The molecular formula is C16H20FIO4. The van der Waals surface area contributed by atoms with Gasteiger partial charge in [0.05, 0.1) is 19.1 Å². The summed E-state index contributed by atoms with van der Waals surface area (Å²) in [6.45, 7) is 4.00. The number of hydrogen-bond donors (Lipinski definition) is 0. The normalized spacial score (nSPS) is 11.8. The molecule has 0 aliphatic rings. The molecule has 4 nitrogen and oxygen atoms in total. The molecule has 0 saturated carbocycles. The summed E-state index contributed by atoms with van der Waals surface area (Å²) in [5.41, 5.74) is 0.308. The average molecular weight is 422 g/mol. The highest BCUT2D eigenvalue weighted by atomic mass is 127. The molecule has 0 bridgehead atoms. The molecule has 0 radical (unpaired) electrons. The van der Waals surface area contributed by atoms with Crippen molar-refractivity contribution in [3.05, 3.63) is 33.1 Å². The molecule has 0 spiro atoms. The maximum absolute atomic E-state index is 14.1. The number of rotatable bonds is 8. The number of benzene rings is 1. The van der Waals surface area contributed by atoms with Crippen molar-refractivity contribution in [2.75, 3.05) is 13.2 Å². The Kier molecular flexibility index (Phi) is 8.37. The summed E-state index contributed by atoms with van der Waals surface area (Å²) in [4.78, 5) is 23.4. The predicted octanol–water partition coefficient (Wildman–Crippen LogP) is 3.81. The van der Waals surface area contributed by atoms with E-state index in [2.05, 4.69) is 0 Å². The first-order valence-corrected chi connectivity index (χ1v) is 8.34. The van der Waals surface area contributed by atoms with E-state index in [0.29, 0.717) is 25.0 Å². The molecule has 0 saturated heterocycles. The Bertz CT molecular complexity index is 519. The van der Waals surface area contributed by atoms with E-state index in [1.54, 1.807) is 26.0 Å². The molecule has 0 fully saturated rings. The number of carbonyl (C=O) groups is 2. The first-order chi connectivity index (χ1) is 10.5. The van der Waals surface area contributed by atoms with Gasteiger partial charge in [0.1, 0.15) is 5.82 Å². The van der Waals surface area contributed by atoms with E-state index >= 15 is 0 Å². The van der Waals surface area contributed by atoms with Gasteiger partial charge in [0, 0.05) is 15.6 Å². The van der Waals surface area contributed by atoms with Crippen LogP contribution in [0.1, 0.15) is 44.6 Å². The van der Waals surface area contributed by atoms with Gasteiger partial charge in [-0.25, -0.2) is 4.39 Å². The fourth-order valence-corrected chi connectivity index (χ4v) is 2.56. The SMILES string of the molecule is CCOC(=O)CCCC(C(=O)OCC)c1ccc(I)cc1F. The van der Waals surface area contributed by atoms with Gasteiger partial charge in [-0.1, -0.05) is 6.07 Å². The minimum Gasteiger partial charge on any atom is -0.466 e. The van der Waals surface area contributed by atoms with Crippen molar-refractivity contribution in [1.29, 1.82) is 0 Å². The number of carbonyl (C=O) groups excluding carboxylic acids is 2. The lowest BCUT2D eigenvalue weighted by molar-refractivity contribution is -0.146. The van der Waals surface area contributed by atoms with Gasteiger partial charge < -0.3 is 9.47 Å². The van der Waals surface area contributed by atoms with Crippen LogP contribution in [-0.2, 0) is 19.1 Å². The van der Waals surface area contributed by atoms with Crippen molar-refractivity contribution in [3.8, 4) is 0 Å². The Morgan fingerprint density at radius 1 is 1.23 bits per heavy atom. The molecule has 0 aromatic heterocycles. The molecule has 1 atom stereocenters. The highest BCUT2D eigenvalue weighted by molar-refractivity contribution is 14.1. The van der Waals surface area contributed by atoms with Gasteiger partial charge >= 0.3 is 11.9 Å². The third-order valence-corrected chi connectivity index (χ3v) is 3.76. The first-order valence-electron chi connectivity index (χ1n) is 7.26. The van der Waals surface area contributed by atoms with Crippen molar-refractivity contribution in [1.82, 2.24) is 0 Å². The van der Waals surface area contributed by atoms with Gasteiger partial charge in [0.2, 0.25) is 0 Å². The van der Waals surface area contributed by atoms with Crippen LogP contribution in [0.15, 0.2) is 18.2 Å². The number of ether oxygens (including phenoxy) is 2. The molecule has 1 unspecified atom stereocenters. The van der Waals surface area contributed by atoms with Crippen LogP contribution in [0.4, 0.5) is 4.39 Å². The van der Waals surface area contributed by atoms with Crippen molar-refractivity contribution in [3.63, 3.8) is 0 Å². The van der Waals surface area contributed by atoms with Crippen molar-refractivity contribution in [2.24, 2.45) is 0 Å². The molecular weight excluding hydrogens is 402 g/mol. The molecule has 0 N–H and O–H groups in total. The maximum atomic E-state index is 14.1. The molecule has 0 aliphatic heterocycles. The largest absolute Gasteiger partial charge is 0.466 e. The summed E-state index contributed by atoms with van der Waals surface area (Å²) >= 11 is 2.01. The molecule has 1 rings (SSSR count). The van der Waals surface area contributed by atoms with E-state index in [1.165, 1.54) is 6.07 Å². The van der Waals surface area contributed by atoms with Crippen LogP contribution in [-0.4, -0.2) is 25.2 Å². The average Bonchev–Trinajstić information content (AvgIpc) is 2.45. The van der Waals surface area contributed by atoms with E-state index in [1.807, 2.05) is 22.6 Å². The van der Waals surface area contributed by atoms with Crippen LogP contribution in [0.3, 0.4) is 0 Å². The smallest absolute Gasteiger partial charge is 0.313 e. The Labute approximate surface area is 143 Å². The van der Waals surface area contributed by atoms with Gasteiger partial charge in [0.25, 0.3) is 0 Å². The zero-order valence-corrected chi connectivity index (χ0v) is 14.9. The Balaban J connectivity index is 2.80. The summed E-state index contributed by atoms with van der Waals surface area (Å²) in [6, 6.07) is 4.73. The maximum Gasteiger partial charge on any atom is 0.313 e. The summed E-state index contributed by atoms with van der Waals surface area (Å²) in [5, 5.41) is 0. The van der Waals surface area contributed by atoms with E-state index in [-0.39, 0.29) is 19.0 Å². The molecule has 1 aromatic carbocycles. The van der Waals surface area contributed by atoms with Crippen LogP contribution in [0.2, 0.25) is 0 Å². The molecule has 0 heterocycles. The second-order valence-electron chi connectivity index (χ2n) is 4.67. The zero-order valence-electron chi connectivity index (χ0n) is 12.7. The van der Waals surface area contributed by atoms with Gasteiger partial charge in [-0.3, -0.25) is 9.59 Å². The molecule has 6 heteroatoms. The van der Waals surface area contributed by atoms with E-state index in [4.69, 9.17) is 9.47 Å². The minimum absolute atomic E-state index is 0.204. The summed E-state index contributed by atoms with van der Waals surface area (Å²) < 4.78 is 24.7. The van der Waals surface area contributed by atoms with Crippen molar-refractivity contribution in [2.45, 2.75) is 39.0 Å². The third kappa shape index (κ3) is 5.90. The summed E-state index contributed by atoms with van der Waals surface area (Å²) in [5.74, 6) is -1.91. The Morgan fingerprint density at radius 2 is 1.91 bits per heavy atom. The Hall–Kier alpha value is -1.18. The number of esters is 2. The van der Waals surface area contributed by atoms with Gasteiger partial charge in [-0.15, -0.1) is 0 Å². The van der Waals surface area contributed by atoms with Crippen LogP contribution < -0.4 is 0 Å². The van der Waals surface area contributed by atoms with Crippen LogP contribution in [0.5, 0.6) is 0 Å². The van der Waals surface area contributed by atoms with Gasteiger partial charge in [-0.05, 0) is 61.4 Å². The number of halogens is 2. The molecule has 0 aliphatic carbocycles. The monoisotopic (exact) mass is 422 g/mol. The summed E-state index contributed by atoms with van der Waals surface area (Å²) in [7, 11) is 0. The standard InChI is InChI=1S/C16H20FIO4/c1-3-21-15(19)7-5-6-13(16(20)22-4-2)12-9-8-11(18)10-14(12)17/h8-10,13H,3-7H2,1-2H3. The van der Waals surface area contributed by atoms with E-state index in [9.17, 15) is 14.0 Å². The minimum atomic E-state index is -0.702. The number of hydrogen-bond acceptors (Lipinski definition) is 4. The Morgan fingerprint density at radius 3 is 2.50 bits per heavy atom. The first kappa shape index (κ1) is 18.9. The quantitative estimate of drug-likeness (QED) is 0.473. The van der Waals surface area contributed by atoms with Crippen molar-refractivity contribution < 1.29 is 23.5 Å². The molecule has 1 aromatic rings. The lowest BCUT2D eigenvalue weighted by Crippen LogP contribution is -2.18. The lowest BCUT2D eigenvalue weighted by atomic mass is 9.93. The zero-order chi connectivity index (χ0) is 16.5. The van der Waals surface area contributed by atoms with Crippen LogP contribution in [0, 0.1) is 9.39 Å². The second-order valence-corrected chi connectivity index (χ2v) is 5.91. The van der Waals surface area contributed by atoms with E-state index < -0.39 is 17.7 Å². The molecule has 0 amide bonds. The van der Waals surface area contributed by atoms with Crippen LogP contribution in [0.25, 0.3) is 0 Å².